The molecule has 1 aliphatic heterocycles. The molecule has 1 aromatic carbocycles. The Morgan fingerprint density at radius 1 is 1.33 bits per heavy atom. The first-order valence-corrected chi connectivity index (χ1v) is 6.59. The van der Waals surface area contributed by atoms with Crippen LogP contribution in [0.2, 0.25) is 0 Å². The monoisotopic (exact) mass is 246 g/mol. The highest BCUT2D eigenvalue weighted by atomic mass is 16.2. The van der Waals surface area contributed by atoms with Crippen LogP contribution in [0.4, 0.5) is 0 Å². The van der Waals surface area contributed by atoms with Crippen molar-refractivity contribution in [3.05, 3.63) is 34.9 Å². The molecule has 2 rings (SSSR count). The summed E-state index contributed by atoms with van der Waals surface area (Å²) in [5.74, 6) is 0.203. The van der Waals surface area contributed by atoms with E-state index < -0.39 is 0 Å². The summed E-state index contributed by atoms with van der Waals surface area (Å²) >= 11 is 0. The molecule has 2 N–H and O–H groups in total. The number of benzene rings is 1. The lowest BCUT2D eigenvalue weighted by Crippen LogP contribution is -2.40. The summed E-state index contributed by atoms with van der Waals surface area (Å²) in [4.78, 5) is 13.8. The fraction of sp³-hybridized carbons (Fsp3) is 0.533. The van der Waals surface area contributed by atoms with Crippen molar-refractivity contribution in [2.24, 2.45) is 5.73 Å². The van der Waals surface area contributed by atoms with Gasteiger partial charge in [-0.15, -0.1) is 0 Å². The van der Waals surface area contributed by atoms with Gasteiger partial charge >= 0.3 is 0 Å². The number of hydrogen-bond donors (Lipinski definition) is 1. The predicted molar refractivity (Wildman–Crippen MR) is 73.3 cm³/mol. The van der Waals surface area contributed by atoms with Crippen LogP contribution in [0, 0.1) is 13.8 Å². The van der Waals surface area contributed by atoms with Gasteiger partial charge in [-0.05, 0) is 37.8 Å². The van der Waals surface area contributed by atoms with Gasteiger partial charge in [0.05, 0.1) is 6.04 Å². The number of amides is 1. The molecule has 3 nitrogen and oxygen atoms in total. The number of carbonyl (C=O) groups excluding carboxylic acids is 1. The smallest absolute Gasteiger partial charge is 0.222 e. The van der Waals surface area contributed by atoms with E-state index in [1.165, 1.54) is 16.7 Å². The lowest BCUT2D eigenvalue weighted by atomic mass is 9.92. The van der Waals surface area contributed by atoms with Gasteiger partial charge in [-0.25, -0.2) is 0 Å². The number of nitrogens with zero attached hydrogens (tertiary/aromatic N) is 1. The van der Waals surface area contributed by atoms with Crippen molar-refractivity contribution in [2.75, 3.05) is 7.05 Å². The van der Waals surface area contributed by atoms with E-state index >= 15 is 0 Å². The summed E-state index contributed by atoms with van der Waals surface area (Å²) in [5.41, 5.74) is 9.91. The molecule has 18 heavy (non-hydrogen) atoms. The topological polar surface area (TPSA) is 46.3 Å². The van der Waals surface area contributed by atoms with Crippen LogP contribution < -0.4 is 5.73 Å². The van der Waals surface area contributed by atoms with Crippen LogP contribution in [0.25, 0.3) is 0 Å². The summed E-state index contributed by atoms with van der Waals surface area (Å²) in [6.45, 7) is 4.16. The van der Waals surface area contributed by atoms with Crippen LogP contribution in [-0.2, 0) is 4.79 Å². The van der Waals surface area contributed by atoms with Gasteiger partial charge in [0.1, 0.15) is 0 Å². The molecule has 0 aromatic heterocycles. The van der Waals surface area contributed by atoms with Crippen LogP contribution in [-0.4, -0.2) is 23.9 Å². The van der Waals surface area contributed by atoms with Gasteiger partial charge in [-0.3, -0.25) is 4.79 Å². The number of likely N-dealkylation sites (N-methyl/N-ethyl adjacent to an activating group) is 1. The molecule has 2 unspecified atom stereocenters. The number of hydrogen-bond acceptors (Lipinski definition) is 2. The Morgan fingerprint density at radius 3 is 2.78 bits per heavy atom. The molecular formula is C15H22N2O. The Balaban J connectivity index is 2.44. The standard InChI is InChI=1S/C15H22N2O/c1-10-7-8-11(2)12(9-10)15-13(16)5-4-6-14(18)17(15)3/h7-9,13,15H,4-6,16H2,1-3H3. The first-order chi connectivity index (χ1) is 8.50. The van der Waals surface area contributed by atoms with Crippen molar-refractivity contribution >= 4 is 5.91 Å². The van der Waals surface area contributed by atoms with Crippen molar-refractivity contribution in [1.29, 1.82) is 0 Å². The van der Waals surface area contributed by atoms with E-state index in [0.717, 1.165) is 12.8 Å². The summed E-state index contributed by atoms with van der Waals surface area (Å²) < 4.78 is 0. The SMILES string of the molecule is Cc1ccc(C)c(C2C(N)CCCC(=O)N2C)c1. The zero-order chi connectivity index (χ0) is 13.3. The molecule has 0 saturated carbocycles. The Labute approximate surface area is 109 Å². The summed E-state index contributed by atoms with van der Waals surface area (Å²) in [6, 6.07) is 6.42. The van der Waals surface area contributed by atoms with Crippen molar-refractivity contribution in [3.8, 4) is 0 Å². The summed E-state index contributed by atoms with van der Waals surface area (Å²) in [7, 11) is 1.87. The maximum Gasteiger partial charge on any atom is 0.222 e. The van der Waals surface area contributed by atoms with Gasteiger partial charge in [0.15, 0.2) is 0 Å². The van der Waals surface area contributed by atoms with E-state index in [1.807, 2.05) is 11.9 Å². The molecular weight excluding hydrogens is 224 g/mol. The van der Waals surface area contributed by atoms with Gasteiger partial charge in [-0.1, -0.05) is 23.8 Å². The first-order valence-electron chi connectivity index (χ1n) is 6.59. The van der Waals surface area contributed by atoms with Crippen molar-refractivity contribution in [2.45, 2.75) is 45.2 Å². The Hall–Kier alpha value is -1.35. The van der Waals surface area contributed by atoms with Crippen LogP contribution in [0.5, 0.6) is 0 Å². The van der Waals surface area contributed by atoms with E-state index in [1.54, 1.807) is 0 Å². The first kappa shape index (κ1) is 13.1. The predicted octanol–water partition coefficient (Wildman–Crippen LogP) is 2.31. The third-order valence-electron chi connectivity index (χ3n) is 3.90. The molecule has 0 radical (unpaired) electrons. The van der Waals surface area contributed by atoms with E-state index in [0.29, 0.717) is 6.42 Å². The Bertz CT molecular complexity index is 456. The Morgan fingerprint density at radius 2 is 2.06 bits per heavy atom. The molecule has 3 heteroatoms. The fourth-order valence-corrected chi connectivity index (χ4v) is 2.78. The third-order valence-corrected chi connectivity index (χ3v) is 3.90. The lowest BCUT2D eigenvalue weighted by Gasteiger charge is -2.32. The van der Waals surface area contributed by atoms with Gasteiger partial charge in [0, 0.05) is 19.5 Å². The maximum atomic E-state index is 12.0. The number of nitrogens with two attached hydrogens (primary N) is 1. The van der Waals surface area contributed by atoms with Gasteiger partial charge < -0.3 is 10.6 Å². The van der Waals surface area contributed by atoms with Crippen molar-refractivity contribution in [3.63, 3.8) is 0 Å². The average molecular weight is 246 g/mol. The second-order valence-corrected chi connectivity index (χ2v) is 5.37. The molecule has 0 aliphatic carbocycles. The van der Waals surface area contributed by atoms with Gasteiger partial charge in [0.2, 0.25) is 5.91 Å². The number of rotatable bonds is 1. The zero-order valence-corrected chi connectivity index (χ0v) is 11.4. The average Bonchev–Trinajstić information content (AvgIpc) is 2.44. The molecule has 1 aliphatic rings. The van der Waals surface area contributed by atoms with Crippen LogP contribution in [0.15, 0.2) is 18.2 Å². The highest BCUT2D eigenvalue weighted by Gasteiger charge is 2.31. The van der Waals surface area contributed by atoms with Gasteiger partial charge in [-0.2, -0.15) is 0 Å². The van der Waals surface area contributed by atoms with Gasteiger partial charge in [0.25, 0.3) is 0 Å². The molecule has 98 valence electrons. The number of carbonyl (C=O) groups is 1. The Kier molecular flexibility index (Phi) is 3.71. The second kappa shape index (κ2) is 5.11. The number of likely N-dealkylation sites (tertiary alicyclic amines) is 1. The summed E-state index contributed by atoms with van der Waals surface area (Å²) in [5, 5.41) is 0. The molecule has 1 saturated heterocycles. The van der Waals surface area contributed by atoms with E-state index in [4.69, 9.17) is 5.73 Å². The molecule has 1 aromatic rings. The van der Waals surface area contributed by atoms with E-state index in [2.05, 4.69) is 32.0 Å². The minimum atomic E-state index is 0.0138. The second-order valence-electron chi connectivity index (χ2n) is 5.37. The minimum absolute atomic E-state index is 0.0138. The normalized spacial score (nSPS) is 25.1. The molecule has 0 bridgehead atoms. The highest BCUT2D eigenvalue weighted by Crippen LogP contribution is 2.31. The fourth-order valence-electron chi connectivity index (χ4n) is 2.78. The van der Waals surface area contributed by atoms with E-state index in [9.17, 15) is 4.79 Å². The maximum absolute atomic E-state index is 12.0. The van der Waals surface area contributed by atoms with Crippen LogP contribution in [0.1, 0.15) is 42.0 Å². The van der Waals surface area contributed by atoms with Crippen molar-refractivity contribution < 1.29 is 4.79 Å². The zero-order valence-electron chi connectivity index (χ0n) is 11.4. The molecule has 2 atom stereocenters. The number of aryl methyl sites for hydroxylation is 2. The molecule has 0 spiro atoms. The lowest BCUT2D eigenvalue weighted by molar-refractivity contribution is -0.131. The summed E-state index contributed by atoms with van der Waals surface area (Å²) in [6.07, 6.45) is 2.42. The molecule has 1 amide bonds. The van der Waals surface area contributed by atoms with Crippen molar-refractivity contribution in [1.82, 2.24) is 4.90 Å². The molecule has 1 fully saturated rings. The van der Waals surface area contributed by atoms with E-state index in [-0.39, 0.29) is 18.0 Å². The highest BCUT2D eigenvalue weighted by molar-refractivity contribution is 5.77. The molecule has 1 heterocycles. The van der Waals surface area contributed by atoms with Crippen LogP contribution >= 0.6 is 0 Å². The third kappa shape index (κ3) is 2.41. The minimum Gasteiger partial charge on any atom is -0.337 e. The van der Waals surface area contributed by atoms with Crippen LogP contribution in [0.3, 0.4) is 0 Å². The largest absolute Gasteiger partial charge is 0.337 e. The quantitative estimate of drug-likeness (QED) is 0.826.